The van der Waals surface area contributed by atoms with Gasteiger partial charge in [-0.3, -0.25) is 8.87 Å². The Hall–Kier alpha value is -0.540. The van der Waals surface area contributed by atoms with Crippen LogP contribution in [0.15, 0.2) is 29.4 Å². The van der Waals surface area contributed by atoms with Gasteiger partial charge in [-0.05, 0) is 12.1 Å². The SMILES string of the molecule is C[N+](C)(C)Sc1cccnc1. The lowest BCUT2D eigenvalue weighted by atomic mass is 10.5. The maximum absolute atomic E-state index is 4.04. The molecule has 0 saturated heterocycles. The van der Waals surface area contributed by atoms with Gasteiger partial charge < -0.3 is 0 Å². The van der Waals surface area contributed by atoms with Crippen LogP contribution >= 0.6 is 11.9 Å². The Balaban J connectivity index is 2.66. The second kappa shape index (κ2) is 3.24. The fourth-order valence-corrected chi connectivity index (χ4v) is 1.60. The Morgan fingerprint density at radius 2 is 2.09 bits per heavy atom. The van der Waals surface area contributed by atoms with E-state index < -0.39 is 0 Å². The summed E-state index contributed by atoms with van der Waals surface area (Å²) in [6.07, 6.45) is 3.67. The van der Waals surface area contributed by atoms with Crippen LogP contribution in [0.2, 0.25) is 0 Å². The van der Waals surface area contributed by atoms with Crippen molar-refractivity contribution >= 4 is 11.9 Å². The van der Waals surface area contributed by atoms with Gasteiger partial charge >= 0.3 is 0 Å². The Morgan fingerprint density at radius 1 is 1.36 bits per heavy atom. The van der Waals surface area contributed by atoms with E-state index in [4.69, 9.17) is 0 Å². The van der Waals surface area contributed by atoms with Crippen LogP contribution in [-0.4, -0.2) is 30.0 Å². The van der Waals surface area contributed by atoms with Crippen LogP contribution in [-0.2, 0) is 0 Å². The minimum Gasteiger partial charge on any atom is -0.264 e. The first-order valence-corrected chi connectivity index (χ1v) is 4.26. The van der Waals surface area contributed by atoms with Crippen LogP contribution in [0.4, 0.5) is 0 Å². The van der Waals surface area contributed by atoms with Crippen molar-refractivity contribution in [2.24, 2.45) is 0 Å². The van der Waals surface area contributed by atoms with Crippen LogP contribution < -0.4 is 0 Å². The first kappa shape index (κ1) is 8.56. The number of nitrogens with zero attached hydrogens (tertiary/aromatic N) is 2. The summed E-state index contributed by atoms with van der Waals surface area (Å²) in [5.74, 6) is 0. The van der Waals surface area contributed by atoms with Crippen LogP contribution in [0.25, 0.3) is 0 Å². The molecule has 1 rings (SSSR count). The Labute approximate surface area is 72.0 Å². The van der Waals surface area contributed by atoms with E-state index >= 15 is 0 Å². The third kappa shape index (κ3) is 3.39. The number of quaternary nitrogens is 1. The molecule has 0 spiro atoms. The average molecular weight is 169 g/mol. The highest BCUT2D eigenvalue weighted by Gasteiger charge is 2.10. The summed E-state index contributed by atoms with van der Waals surface area (Å²) >= 11 is 1.78. The molecule has 1 heterocycles. The summed E-state index contributed by atoms with van der Waals surface area (Å²) in [6.45, 7) is 0. The van der Waals surface area contributed by atoms with Gasteiger partial charge in [-0.15, -0.1) is 0 Å². The number of hydrogen-bond acceptors (Lipinski definition) is 2. The zero-order chi connectivity index (χ0) is 8.32. The lowest BCUT2D eigenvalue weighted by molar-refractivity contribution is -0.726. The highest BCUT2D eigenvalue weighted by molar-refractivity contribution is 7.93. The van der Waals surface area contributed by atoms with Crippen molar-refractivity contribution in [2.75, 3.05) is 21.1 Å². The maximum atomic E-state index is 4.04. The highest BCUT2D eigenvalue weighted by Crippen LogP contribution is 2.23. The van der Waals surface area contributed by atoms with E-state index in [0.29, 0.717) is 0 Å². The van der Waals surface area contributed by atoms with E-state index in [0.717, 1.165) is 3.89 Å². The monoisotopic (exact) mass is 169 g/mol. The molecule has 60 valence electrons. The van der Waals surface area contributed by atoms with Crippen molar-refractivity contribution in [3.63, 3.8) is 0 Å². The third-order valence-corrected chi connectivity index (χ3v) is 2.01. The van der Waals surface area contributed by atoms with Gasteiger partial charge in [0.25, 0.3) is 0 Å². The van der Waals surface area contributed by atoms with Crippen molar-refractivity contribution in [1.29, 1.82) is 0 Å². The van der Waals surface area contributed by atoms with Gasteiger partial charge in [0.1, 0.15) is 11.9 Å². The van der Waals surface area contributed by atoms with Gasteiger partial charge in [-0.25, -0.2) is 0 Å². The van der Waals surface area contributed by atoms with E-state index in [1.807, 2.05) is 12.3 Å². The van der Waals surface area contributed by atoms with E-state index in [1.54, 1.807) is 18.1 Å². The van der Waals surface area contributed by atoms with Gasteiger partial charge in [0.05, 0.1) is 26.0 Å². The van der Waals surface area contributed by atoms with Crippen molar-refractivity contribution in [1.82, 2.24) is 4.98 Å². The number of hydrogen-bond donors (Lipinski definition) is 0. The molecule has 0 amide bonds. The summed E-state index contributed by atoms with van der Waals surface area (Å²) in [5, 5.41) is 0. The lowest BCUT2D eigenvalue weighted by Crippen LogP contribution is -2.24. The first-order chi connectivity index (χ1) is 5.08. The summed E-state index contributed by atoms with van der Waals surface area (Å²) in [6, 6.07) is 4.03. The highest BCUT2D eigenvalue weighted by atomic mass is 32.2. The summed E-state index contributed by atoms with van der Waals surface area (Å²) < 4.78 is 0.867. The quantitative estimate of drug-likeness (QED) is 0.494. The average Bonchev–Trinajstić information content (AvgIpc) is 1.85. The lowest BCUT2D eigenvalue weighted by Gasteiger charge is -2.19. The molecule has 3 heteroatoms. The summed E-state index contributed by atoms with van der Waals surface area (Å²) in [4.78, 5) is 5.25. The van der Waals surface area contributed by atoms with Gasteiger partial charge in [0.2, 0.25) is 0 Å². The first-order valence-electron chi connectivity index (χ1n) is 3.49. The Kier molecular flexibility index (Phi) is 2.52. The molecule has 0 unspecified atom stereocenters. The summed E-state index contributed by atoms with van der Waals surface area (Å²) in [7, 11) is 6.41. The molecule has 0 aliphatic carbocycles. The number of pyridine rings is 1. The molecule has 1 aromatic rings. The van der Waals surface area contributed by atoms with Gasteiger partial charge in [-0.1, -0.05) is 0 Å². The van der Waals surface area contributed by atoms with E-state index in [-0.39, 0.29) is 0 Å². The third-order valence-electron chi connectivity index (χ3n) is 1.01. The van der Waals surface area contributed by atoms with Crippen molar-refractivity contribution in [3.05, 3.63) is 24.5 Å². The largest absolute Gasteiger partial charge is 0.264 e. The molecule has 0 atom stereocenters. The minimum atomic E-state index is 0.867. The molecule has 0 aromatic carbocycles. The smallest absolute Gasteiger partial charge is 0.113 e. The summed E-state index contributed by atoms with van der Waals surface area (Å²) in [5.41, 5.74) is 0. The van der Waals surface area contributed by atoms with E-state index in [9.17, 15) is 0 Å². The van der Waals surface area contributed by atoms with Crippen LogP contribution in [0, 0.1) is 0 Å². The topological polar surface area (TPSA) is 12.9 Å². The van der Waals surface area contributed by atoms with Gasteiger partial charge in [0, 0.05) is 12.4 Å². The molecular weight excluding hydrogens is 156 g/mol. The second-order valence-corrected chi connectivity index (χ2v) is 4.92. The molecule has 0 fully saturated rings. The van der Waals surface area contributed by atoms with Gasteiger partial charge in [-0.2, -0.15) is 0 Å². The van der Waals surface area contributed by atoms with Gasteiger partial charge in [0.15, 0.2) is 0 Å². The molecule has 1 aromatic heterocycles. The molecule has 0 bridgehead atoms. The normalized spacial score (nSPS) is 11.5. The van der Waals surface area contributed by atoms with Crippen molar-refractivity contribution in [2.45, 2.75) is 4.90 Å². The number of rotatable bonds is 2. The fourth-order valence-electron chi connectivity index (χ4n) is 0.717. The van der Waals surface area contributed by atoms with E-state index in [1.165, 1.54) is 4.90 Å². The van der Waals surface area contributed by atoms with Crippen LogP contribution in [0.1, 0.15) is 0 Å². The molecule has 11 heavy (non-hydrogen) atoms. The minimum absolute atomic E-state index is 0.867. The molecule has 0 N–H and O–H groups in total. The van der Waals surface area contributed by atoms with Crippen molar-refractivity contribution < 1.29 is 3.89 Å². The molecule has 0 aliphatic heterocycles. The zero-order valence-electron chi connectivity index (χ0n) is 7.11. The predicted molar refractivity (Wildman–Crippen MR) is 48.1 cm³/mol. The van der Waals surface area contributed by atoms with Crippen LogP contribution in [0.3, 0.4) is 0 Å². The van der Waals surface area contributed by atoms with Crippen molar-refractivity contribution in [3.8, 4) is 0 Å². The Bertz CT molecular complexity index is 215. The van der Waals surface area contributed by atoms with Crippen LogP contribution in [0.5, 0.6) is 0 Å². The molecule has 0 aliphatic rings. The number of aromatic nitrogens is 1. The molecule has 0 saturated carbocycles. The molecular formula is C8H13N2S+. The molecule has 0 radical (unpaired) electrons. The Morgan fingerprint density at radius 3 is 2.55 bits per heavy atom. The zero-order valence-corrected chi connectivity index (χ0v) is 7.93. The second-order valence-electron chi connectivity index (χ2n) is 3.17. The predicted octanol–water partition coefficient (Wildman–Crippen LogP) is 1.79. The standard InChI is InChI=1S/C8H13N2S/c1-10(2,3)11-8-5-4-6-9-7-8/h4-7H,1-3H3/q+1. The molecule has 2 nitrogen and oxygen atoms in total. The fraction of sp³-hybridized carbons (Fsp3) is 0.375. The maximum Gasteiger partial charge on any atom is 0.113 e. The van der Waals surface area contributed by atoms with E-state index in [2.05, 4.69) is 32.2 Å².